The van der Waals surface area contributed by atoms with Gasteiger partial charge in [-0.25, -0.2) is 4.68 Å². The lowest BCUT2D eigenvalue weighted by molar-refractivity contribution is 0.171. The zero-order valence-corrected chi connectivity index (χ0v) is 11.7. The first-order valence-electron chi connectivity index (χ1n) is 6.57. The molecule has 1 unspecified atom stereocenters. The third-order valence-electron chi connectivity index (χ3n) is 3.15. The molecule has 0 aliphatic rings. The number of rotatable bonds is 6. The van der Waals surface area contributed by atoms with Crippen molar-refractivity contribution in [1.29, 1.82) is 0 Å². The summed E-state index contributed by atoms with van der Waals surface area (Å²) in [5, 5.41) is 7.84. The molecular formula is C15H21N3O. The molecule has 0 saturated carbocycles. The highest BCUT2D eigenvalue weighted by molar-refractivity contribution is 5.61. The number of aromatic nitrogens is 2. The summed E-state index contributed by atoms with van der Waals surface area (Å²) in [4.78, 5) is 0. The van der Waals surface area contributed by atoms with Crippen molar-refractivity contribution < 1.29 is 4.74 Å². The smallest absolute Gasteiger partial charge is 0.0876 e. The topological polar surface area (TPSA) is 39.1 Å². The van der Waals surface area contributed by atoms with E-state index in [1.54, 1.807) is 13.3 Å². The molecule has 4 heteroatoms. The number of anilines is 1. The lowest BCUT2D eigenvalue weighted by atomic mass is 10.0. The number of para-hydroxylation sites is 2. The van der Waals surface area contributed by atoms with Gasteiger partial charge in [0.1, 0.15) is 0 Å². The molecule has 102 valence electrons. The first-order valence-corrected chi connectivity index (χ1v) is 6.57. The van der Waals surface area contributed by atoms with E-state index in [0.717, 1.165) is 11.4 Å². The molecule has 19 heavy (non-hydrogen) atoms. The molecule has 0 aliphatic carbocycles. The van der Waals surface area contributed by atoms with Gasteiger partial charge in [-0.1, -0.05) is 26.0 Å². The van der Waals surface area contributed by atoms with Gasteiger partial charge in [-0.2, -0.15) is 5.10 Å². The summed E-state index contributed by atoms with van der Waals surface area (Å²) in [5.41, 5.74) is 2.12. The van der Waals surface area contributed by atoms with Crippen molar-refractivity contribution in [2.24, 2.45) is 5.92 Å². The number of nitrogens with one attached hydrogen (secondary N) is 1. The zero-order chi connectivity index (χ0) is 13.7. The van der Waals surface area contributed by atoms with E-state index in [-0.39, 0.29) is 6.04 Å². The quantitative estimate of drug-likeness (QED) is 0.867. The first-order chi connectivity index (χ1) is 9.22. The van der Waals surface area contributed by atoms with Gasteiger partial charge in [-0.3, -0.25) is 0 Å². The van der Waals surface area contributed by atoms with E-state index in [0.29, 0.717) is 12.5 Å². The summed E-state index contributed by atoms with van der Waals surface area (Å²) in [6.07, 6.45) is 3.73. The highest BCUT2D eigenvalue weighted by atomic mass is 16.5. The molecule has 1 aromatic heterocycles. The molecule has 1 N–H and O–H groups in total. The molecule has 0 fully saturated rings. The van der Waals surface area contributed by atoms with Gasteiger partial charge in [-0.05, 0) is 24.1 Å². The van der Waals surface area contributed by atoms with Gasteiger partial charge in [0.2, 0.25) is 0 Å². The van der Waals surface area contributed by atoms with Crippen molar-refractivity contribution in [2.75, 3.05) is 19.0 Å². The van der Waals surface area contributed by atoms with Gasteiger partial charge in [0.15, 0.2) is 0 Å². The molecule has 0 bridgehead atoms. The summed E-state index contributed by atoms with van der Waals surface area (Å²) < 4.78 is 7.15. The fraction of sp³-hybridized carbons (Fsp3) is 0.400. The SMILES string of the molecule is COCC(Nc1ccccc1-n1cccn1)C(C)C. The van der Waals surface area contributed by atoms with Crippen molar-refractivity contribution in [1.82, 2.24) is 9.78 Å². The summed E-state index contributed by atoms with van der Waals surface area (Å²) in [5.74, 6) is 0.491. The minimum Gasteiger partial charge on any atom is -0.383 e. The van der Waals surface area contributed by atoms with Crippen molar-refractivity contribution >= 4 is 5.69 Å². The van der Waals surface area contributed by atoms with Crippen molar-refractivity contribution in [2.45, 2.75) is 19.9 Å². The molecule has 0 aliphatic heterocycles. The maximum atomic E-state index is 5.28. The Kier molecular flexibility index (Phi) is 4.58. The van der Waals surface area contributed by atoms with E-state index >= 15 is 0 Å². The molecule has 1 heterocycles. The second-order valence-electron chi connectivity index (χ2n) is 4.92. The average Bonchev–Trinajstić information content (AvgIpc) is 2.92. The van der Waals surface area contributed by atoms with Crippen LogP contribution in [0.15, 0.2) is 42.7 Å². The second-order valence-corrected chi connectivity index (χ2v) is 4.92. The number of benzene rings is 1. The Morgan fingerprint density at radius 2 is 2.05 bits per heavy atom. The zero-order valence-electron chi connectivity index (χ0n) is 11.7. The Hall–Kier alpha value is -1.81. The second kappa shape index (κ2) is 6.38. The van der Waals surface area contributed by atoms with E-state index < -0.39 is 0 Å². The maximum Gasteiger partial charge on any atom is 0.0876 e. The molecule has 1 atom stereocenters. The van der Waals surface area contributed by atoms with Crippen LogP contribution in [0.3, 0.4) is 0 Å². The van der Waals surface area contributed by atoms with E-state index in [1.807, 2.05) is 29.1 Å². The summed E-state index contributed by atoms with van der Waals surface area (Å²) in [6.45, 7) is 5.06. The predicted octanol–water partition coefficient (Wildman–Crippen LogP) is 2.96. The van der Waals surface area contributed by atoms with E-state index in [9.17, 15) is 0 Å². The minimum absolute atomic E-state index is 0.279. The van der Waals surface area contributed by atoms with Crippen LogP contribution in [0.1, 0.15) is 13.8 Å². The highest BCUT2D eigenvalue weighted by Crippen LogP contribution is 2.21. The Morgan fingerprint density at radius 3 is 2.68 bits per heavy atom. The molecule has 1 aromatic carbocycles. The molecule has 2 rings (SSSR count). The highest BCUT2D eigenvalue weighted by Gasteiger charge is 2.15. The van der Waals surface area contributed by atoms with Crippen LogP contribution in [0.25, 0.3) is 5.69 Å². The number of nitrogens with zero attached hydrogens (tertiary/aromatic N) is 2. The first kappa shape index (κ1) is 13.6. The van der Waals surface area contributed by atoms with Crippen LogP contribution in [0.4, 0.5) is 5.69 Å². The lowest BCUT2D eigenvalue weighted by Crippen LogP contribution is -2.30. The van der Waals surface area contributed by atoms with Crippen LogP contribution in [0.5, 0.6) is 0 Å². The Labute approximate surface area is 114 Å². The summed E-state index contributed by atoms with van der Waals surface area (Å²) in [6, 6.07) is 10.4. The Balaban J connectivity index is 2.25. The Bertz CT molecular complexity index is 494. The average molecular weight is 259 g/mol. The fourth-order valence-electron chi connectivity index (χ4n) is 1.99. The van der Waals surface area contributed by atoms with Crippen molar-refractivity contribution in [3.63, 3.8) is 0 Å². The Morgan fingerprint density at radius 1 is 1.26 bits per heavy atom. The van der Waals surface area contributed by atoms with Crippen LogP contribution in [0, 0.1) is 5.92 Å². The van der Waals surface area contributed by atoms with E-state index in [4.69, 9.17) is 4.74 Å². The largest absolute Gasteiger partial charge is 0.383 e. The van der Waals surface area contributed by atoms with Crippen LogP contribution in [-0.2, 0) is 4.74 Å². The molecule has 0 spiro atoms. The lowest BCUT2D eigenvalue weighted by Gasteiger charge is -2.24. The number of methoxy groups -OCH3 is 1. The van der Waals surface area contributed by atoms with Gasteiger partial charge >= 0.3 is 0 Å². The molecule has 2 aromatic rings. The molecule has 0 amide bonds. The summed E-state index contributed by atoms with van der Waals surface area (Å²) >= 11 is 0. The van der Waals surface area contributed by atoms with Gasteiger partial charge in [-0.15, -0.1) is 0 Å². The van der Waals surface area contributed by atoms with E-state index in [2.05, 4.69) is 36.4 Å². The standard InChI is InChI=1S/C15H21N3O/c1-12(2)14(11-19-3)17-13-7-4-5-8-15(13)18-10-6-9-16-18/h4-10,12,14,17H,11H2,1-3H3. The van der Waals surface area contributed by atoms with E-state index in [1.165, 1.54) is 0 Å². The fourth-order valence-corrected chi connectivity index (χ4v) is 1.99. The number of hydrogen-bond acceptors (Lipinski definition) is 3. The minimum atomic E-state index is 0.279. The van der Waals surface area contributed by atoms with Gasteiger partial charge in [0.05, 0.1) is 24.0 Å². The van der Waals surface area contributed by atoms with Crippen LogP contribution < -0.4 is 5.32 Å². The molecule has 0 radical (unpaired) electrons. The van der Waals surface area contributed by atoms with Crippen LogP contribution in [-0.4, -0.2) is 29.5 Å². The molecule has 4 nitrogen and oxygen atoms in total. The normalized spacial score (nSPS) is 12.6. The van der Waals surface area contributed by atoms with Crippen molar-refractivity contribution in [3.05, 3.63) is 42.7 Å². The monoisotopic (exact) mass is 259 g/mol. The van der Waals surface area contributed by atoms with Crippen molar-refractivity contribution in [3.8, 4) is 5.69 Å². The van der Waals surface area contributed by atoms with Crippen LogP contribution in [0.2, 0.25) is 0 Å². The molecular weight excluding hydrogens is 238 g/mol. The summed E-state index contributed by atoms with van der Waals surface area (Å²) in [7, 11) is 1.73. The maximum absolute atomic E-state index is 5.28. The molecule has 0 saturated heterocycles. The van der Waals surface area contributed by atoms with Gasteiger partial charge in [0, 0.05) is 19.5 Å². The number of ether oxygens (including phenoxy) is 1. The van der Waals surface area contributed by atoms with Gasteiger partial charge < -0.3 is 10.1 Å². The predicted molar refractivity (Wildman–Crippen MR) is 77.7 cm³/mol. The van der Waals surface area contributed by atoms with Gasteiger partial charge in [0.25, 0.3) is 0 Å². The third kappa shape index (κ3) is 3.35. The third-order valence-corrected chi connectivity index (χ3v) is 3.15. The van der Waals surface area contributed by atoms with Crippen LogP contribution >= 0.6 is 0 Å². The number of hydrogen-bond donors (Lipinski definition) is 1.